The van der Waals surface area contributed by atoms with Crippen LogP contribution in [0.3, 0.4) is 0 Å². The minimum absolute atomic E-state index is 0.447. The predicted molar refractivity (Wildman–Crippen MR) is 128 cm³/mol. The van der Waals surface area contributed by atoms with E-state index in [0.717, 1.165) is 50.8 Å². The fraction of sp³-hybridized carbons (Fsp3) is 0.600. The second kappa shape index (κ2) is 16.5. The molecular weight excluding hydrogens is 471 g/mol. The molecular formula is C20H33N4O7PS. The predicted octanol–water partition coefficient (Wildman–Crippen LogP) is 3.34. The van der Waals surface area contributed by atoms with E-state index in [1.165, 1.54) is 0 Å². The number of hydrogen-bond donors (Lipinski definition) is 4. The number of carboxylic acid groups (broad SMARTS) is 2. The van der Waals surface area contributed by atoms with Crippen molar-refractivity contribution in [2.75, 3.05) is 37.8 Å². The smallest absolute Gasteiger partial charge is 0.414 e. The zero-order valence-corrected chi connectivity index (χ0v) is 20.5. The minimum atomic E-state index is -2.85. The Morgan fingerprint density at radius 2 is 1.85 bits per heavy atom. The maximum atomic E-state index is 13.1. The van der Waals surface area contributed by atoms with Crippen LogP contribution in [-0.2, 0) is 23.5 Å². The van der Waals surface area contributed by atoms with Crippen LogP contribution in [-0.4, -0.2) is 69.5 Å². The number of nitrogens with one attached hydrogen (secondary N) is 2. The molecule has 0 aliphatic carbocycles. The summed E-state index contributed by atoms with van der Waals surface area (Å²) in [6, 6.07) is 3.74. The zero-order chi connectivity index (χ0) is 24.5. The number of hydrogen-bond acceptors (Lipinski definition) is 7. The van der Waals surface area contributed by atoms with Crippen LogP contribution in [0.4, 0.5) is 5.69 Å². The third-order valence-electron chi connectivity index (χ3n) is 4.43. The van der Waals surface area contributed by atoms with E-state index < -0.39 is 19.5 Å². The summed E-state index contributed by atoms with van der Waals surface area (Å²) in [6.45, 7) is 4.47. The molecule has 186 valence electrons. The van der Waals surface area contributed by atoms with Crippen LogP contribution in [0, 0.1) is 0 Å². The SMILES string of the molecule is CCOP(=O)(CCCCCCNC(=S)Nc1ccncc1)N1CCCCO1.O=C(O)C(=O)O. The van der Waals surface area contributed by atoms with Crippen LogP contribution in [0.25, 0.3) is 0 Å². The van der Waals surface area contributed by atoms with Crippen molar-refractivity contribution in [3.63, 3.8) is 0 Å². The number of carboxylic acids is 2. The molecule has 4 N–H and O–H groups in total. The number of aliphatic carboxylic acids is 2. The Hall–Kier alpha value is -2.11. The summed E-state index contributed by atoms with van der Waals surface area (Å²) in [5, 5.41) is 21.7. The Morgan fingerprint density at radius 1 is 1.18 bits per heavy atom. The number of hydroxylamine groups is 1. The molecule has 1 unspecified atom stereocenters. The second-order valence-corrected chi connectivity index (χ2v) is 9.87. The highest BCUT2D eigenvalue weighted by molar-refractivity contribution is 7.80. The van der Waals surface area contributed by atoms with Crippen LogP contribution in [0.15, 0.2) is 24.5 Å². The molecule has 1 aromatic rings. The summed E-state index contributed by atoms with van der Waals surface area (Å²) in [6.07, 6.45) is 9.98. The van der Waals surface area contributed by atoms with Gasteiger partial charge in [-0.25, -0.2) is 9.59 Å². The van der Waals surface area contributed by atoms with E-state index >= 15 is 0 Å². The molecule has 1 aliphatic heterocycles. The largest absolute Gasteiger partial charge is 0.473 e. The van der Waals surface area contributed by atoms with E-state index in [4.69, 9.17) is 41.4 Å². The van der Waals surface area contributed by atoms with E-state index in [0.29, 0.717) is 31.0 Å². The molecule has 1 atom stereocenters. The highest BCUT2D eigenvalue weighted by atomic mass is 32.1. The van der Waals surface area contributed by atoms with Crippen molar-refractivity contribution in [1.29, 1.82) is 0 Å². The first kappa shape index (κ1) is 28.9. The fourth-order valence-corrected chi connectivity index (χ4v) is 5.30. The molecule has 2 heterocycles. The minimum Gasteiger partial charge on any atom is -0.473 e. The Labute approximate surface area is 199 Å². The lowest BCUT2D eigenvalue weighted by Crippen LogP contribution is -2.29. The van der Waals surface area contributed by atoms with Gasteiger partial charge in [0, 0.05) is 37.3 Å². The molecule has 1 aliphatic rings. The van der Waals surface area contributed by atoms with Gasteiger partial charge in [0.2, 0.25) is 0 Å². The number of unbranched alkanes of at least 4 members (excludes halogenated alkanes) is 3. The van der Waals surface area contributed by atoms with Gasteiger partial charge in [-0.3, -0.25) is 14.4 Å². The highest BCUT2D eigenvalue weighted by Gasteiger charge is 2.33. The lowest BCUT2D eigenvalue weighted by molar-refractivity contribution is -0.159. The van der Waals surface area contributed by atoms with E-state index in [2.05, 4.69) is 15.6 Å². The molecule has 1 aromatic heterocycles. The number of rotatable bonds is 11. The van der Waals surface area contributed by atoms with Crippen molar-refractivity contribution in [1.82, 2.24) is 15.1 Å². The van der Waals surface area contributed by atoms with Gasteiger partial charge in [0.1, 0.15) is 0 Å². The summed E-state index contributed by atoms with van der Waals surface area (Å²) >= 11 is 5.27. The Morgan fingerprint density at radius 3 is 2.42 bits per heavy atom. The van der Waals surface area contributed by atoms with E-state index in [-0.39, 0.29) is 0 Å². The molecule has 0 radical (unpaired) electrons. The number of carbonyl (C=O) groups is 2. The van der Waals surface area contributed by atoms with Crippen LogP contribution >= 0.6 is 19.7 Å². The first-order valence-electron chi connectivity index (χ1n) is 10.8. The van der Waals surface area contributed by atoms with Gasteiger partial charge in [-0.05, 0) is 57.0 Å². The van der Waals surface area contributed by atoms with Crippen LogP contribution in [0.5, 0.6) is 0 Å². The number of nitrogens with zero attached hydrogens (tertiary/aromatic N) is 2. The van der Waals surface area contributed by atoms with Crippen molar-refractivity contribution in [2.24, 2.45) is 0 Å². The maximum absolute atomic E-state index is 13.1. The first-order valence-corrected chi connectivity index (χ1v) is 13.0. The molecule has 0 spiro atoms. The number of thiocarbonyl (C=S) groups is 1. The lowest BCUT2D eigenvalue weighted by atomic mass is 10.2. The lowest BCUT2D eigenvalue weighted by Gasteiger charge is -2.32. The second-order valence-electron chi connectivity index (χ2n) is 7.04. The first-order chi connectivity index (χ1) is 15.8. The molecule has 11 nitrogen and oxygen atoms in total. The molecule has 2 rings (SSSR count). The van der Waals surface area contributed by atoms with E-state index in [1.807, 2.05) is 19.1 Å². The zero-order valence-electron chi connectivity index (χ0n) is 18.8. The molecule has 13 heteroatoms. The standard InChI is InChI=1S/C18H31N4O3PS.C2H2O4/c1-2-25-26(23,22-14-6-7-15-24-22)16-8-4-3-5-11-20-18(27)21-17-9-12-19-13-10-17;3-1(4)2(5)6/h9-10,12-13H,2-8,11,14-16H2,1H3,(H2,19,20,21,27);(H,3,4)(H,5,6). The van der Waals surface area contributed by atoms with Gasteiger partial charge in [-0.2, -0.15) is 0 Å². The van der Waals surface area contributed by atoms with Crippen molar-refractivity contribution in [2.45, 2.75) is 45.4 Å². The molecule has 0 saturated carbocycles. The highest BCUT2D eigenvalue weighted by Crippen LogP contribution is 2.52. The molecule has 33 heavy (non-hydrogen) atoms. The Balaban J connectivity index is 0.000000801. The quantitative estimate of drug-likeness (QED) is 0.151. The van der Waals surface area contributed by atoms with Crippen molar-refractivity contribution in [3.05, 3.63) is 24.5 Å². The third-order valence-corrected chi connectivity index (χ3v) is 7.21. The number of pyridine rings is 1. The summed E-state index contributed by atoms with van der Waals surface area (Å²) in [5.41, 5.74) is 0.925. The normalized spacial score (nSPS) is 15.4. The molecule has 1 saturated heterocycles. The fourth-order valence-electron chi connectivity index (χ4n) is 2.87. The number of anilines is 1. The maximum Gasteiger partial charge on any atom is 0.414 e. The van der Waals surface area contributed by atoms with Gasteiger partial charge in [0.05, 0.1) is 13.2 Å². The Bertz CT molecular complexity index is 767. The van der Waals surface area contributed by atoms with Gasteiger partial charge in [0.25, 0.3) is 7.52 Å². The summed E-state index contributed by atoms with van der Waals surface area (Å²) in [5.74, 6) is -3.65. The van der Waals surface area contributed by atoms with Crippen LogP contribution in [0.1, 0.15) is 45.4 Å². The topological polar surface area (TPSA) is 150 Å². The summed E-state index contributed by atoms with van der Waals surface area (Å²) in [4.78, 5) is 29.4. The van der Waals surface area contributed by atoms with Crippen LogP contribution < -0.4 is 10.6 Å². The third kappa shape index (κ3) is 12.6. The average Bonchev–Trinajstić information content (AvgIpc) is 2.80. The van der Waals surface area contributed by atoms with Gasteiger partial charge in [0.15, 0.2) is 5.11 Å². The van der Waals surface area contributed by atoms with Gasteiger partial charge < -0.3 is 25.4 Å². The number of aromatic nitrogens is 1. The summed E-state index contributed by atoms with van der Waals surface area (Å²) < 4.78 is 18.7. The van der Waals surface area contributed by atoms with Gasteiger partial charge in [-0.1, -0.05) is 12.8 Å². The molecule has 0 aromatic carbocycles. The molecule has 0 amide bonds. The monoisotopic (exact) mass is 504 g/mol. The molecule has 0 bridgehead atoms. The Kier molecular flexibility index (Phi) is 14.5. The average molecular weight is 505 g/mol. The summed E-state index contributed by atoms with van der Waals surface area (Å²) in [7, 11) is -2.85. The van der Waals surface area contributed by atoms with E-state index in [9.17, 15) is 4.57 Å². The van der Waals surface area contributed by atoms with Crippen molar-refractivity contribution >= 4 is 42.5 Å². The van der Waals surface area contributed by atoms with Crippen molar-refractivity contribution in [3.8, 4) is 0 Å². The van der Waals surface area contributed by atoms with Gasteiger partial charge in [-0.15, -0.1) is 4.83 Å². The van der Waals surface area contributed by atoms with Crippen LogP contribution in [0.2, 0.25) is 0 Å². The van der Waals surface area contributed by atoms with E-state index in [1.54, 1.807) is 17.2 Å². The van der Waals surface area contributed by atoms with Gasteiger partial charge >= 0.3 is 11.9 Å². The van der Waals surface area contributed by atoms with Crippen molar-refractivity contribution < 1.29 is 33.7 Å². The molecule has 1 fully saturated rings.